The van der Waals surface area contributed by atoms with E-state index in [1.165, 1.54) is 6.33 Å². The van der Waals surface area contributed by atoms with Crippen LogP contribution in [0.2, 0.25) is 0 Å². The topological polar surface area (TPSA) is 85.9 Å². The quantitative estimate of drug-likeness (QED) is 0.532. The van der Waals surface area contributed by atoms with Gasteiger partial charge >= 0.3 is 6.18 Å². The minimum atomic E-state index is -4.67. The number of aromatic nitrogens is 3. The van der Waals surface area contributed by atoms with E-state index in [1.807, 2.05) is 6.07 Å². The highest BCUT2D eigenvalue weighted by atomic mass is 19.4. The van der Waals surface area contributed by atoms with Crippen LogP contribution in [0.25, 0.3) is 11.0 Å². The van der Waals surface area contributed by atoms with Gasteiger partial charge in [0.2, 0.25) is 5.91 Å². The number of likely N-dealkylation sites (tertiary alicyclic amines) is 1. The van der Waals surface area contributed by atoms with Crippen molar-refractivity contribution in [3.8, 4) is 0 Å². The maximum atomic E-state index is 13.5. The zero-order valence-electron chi connectivity index (χ0n) is 16.3. The number of H-pyrrole nitrogens is 1. The molecule has 1 aromatic carbocycles. The molecular weight excluding hydrogens is 416 g/mol. The van der Waals surface area contributed by atoms with Gasteiger partial charge in [-0.25, -0.2) is 14.4 Å². The van der Waals surface area contributed by atoms with Crippen LogP contribution in [-0.2, 0) is 11.0 Å². The van der Waals surface area contributed by atoms with Crippen molar-refractivity contribution < 1.29 is 22.4 Å². The summed E-state index contributed by atoms with van der Waals surface area (Å²) in [5, 5.41) is 6.79. The Bertz CT molecular complexity index is 1080. The number of nitrogens with one attached hydrogen (secondary N) is 3. The number of alkyl halides is 3. The molecule has 1 amide bonds. The molecule has 0 radical (unpaired) electrons. The van der Waals surface area contributed by atoms with Crippen molar-refractivity contribution in [3.63, 3.8) is 0 Å². The fourth-order valence-electron chi connectivity index (χ4n) is 3.65. The van der Waals surface area contributed by atoms with Crippen LogP contribution in [0.15, 0.2) is 36.8 Å². The van der Waals surface area contributed by atoms with Crippen molar-refractivity contribution in [2.45, 2.75) is 25.1 Å². The van der Waals surface area contributed by atoms with E-state index in [9.17, 15) is 22.4 Å². The second kappa shape index (κ2) is 8.40. The van der Waals surface area contributed by atoms with Crippen molar-refractivity contribution in [2.24, 2.45) is 0 Å². The van der Waals surface area contributed by atoms with E-state index in [4.69, 9.17) is 0 Å². The lowest BCUT2D eigenvalue weighted by Gasteiger charge is -2.33. The van der Waals surface area contributed by atoms with E-state index >= 15 is 0 Å². The summed E-state index contributed by atoms with van der Waals surface area (Å²) in [4.78, 5) is 25.7. The molecule has 0 saturated carbocycles. The second-order valence-electron chi connectivity index (χ2n) is 7.37. The van der Waals surface area contributed by atoms with Crippen LogP contribution in [0, 0.1) is 5.82 Å². The maximum Gasteiger partial charge on any atom is 0.416 e. The molecule has 11 heteroatoms. The molecule has 0 aliphatic carbocycles. The average Bonchev–Trinajstić information content (AvgIpc) is 3.21. The number of fused-ring (bicyclic) bond motifs is 1. The fourth-order valence-corrected chi connectivity index (χ4v) is 3.65. The summed E-state index contributed by atoms with van der Waals surface area (Å²) in [5.41, 5.74) is -0.493. The first kappa shape index (κ1) is 20.9. The number of halogens is 4. The summed E-state index contributed by atoms with van der Waals surface area (Å²) in [5.74, 6) is -0.630. The van der Waals surface area contributed by atoms with Gasteiger partial charge in [-0.1, -0.05) is 0 Å². The first-order valence-corrected chi connectivity index (χ1v) is 9.73. The average molecular weight is 436 g/mol. The normalized spacial score (nSPS) is 17.0. The number of hydrogen-bond donors (Lipinski definition) is 3. The molecule has 1 aliphatic heterocycles. The molecule has 3 N–H and O–H groups in total. The van der Waals surface area contributed by atoms with E-state index in [2.05, 4.69) is 25.6 Å². The maximum absolute atomic E-state index is 13.5. The van der Waals surface area contributed by atoms with Gasteiger partial charge in [0, 0.05) is 31.0 Å². The van der Waals surface area contributed by atoms with Gasteiger partial charge < -0.3 is 20.5 Å². The number of hydrogen-bond acceptors (Lipinski definition) is 5. The van der Waals surface area contributed by atoms with Crippen molar-refractivity contribution >= 4 is 28.4 Å². The SMILES string of the molecule is O=C(CNc1cc(F)cc(C(F)(F)F)c1)N1CCC[C@@H](Nc2ncnc3[nH]ccc23)C1. The van der Waals surface area contributed by atoms with Gasteiger partial charge in [0.15, 0.2) is 0 Å². The molecule has 7 nitrogen and oxygen atoms in total. The molecule has 3 heterocycles. The molecule has 1 aliphatic rings. The molecule has 0 spiro atoms. The third-order valence-corrected chi connectivity index (χ3v) is 5.14. The Balaban J connectivity index is 1.37. The van der Waals surface area contributed by atoms with Crippen LogP contribution in [0.1, 0.15) is 18.4 Å². The molecule has 4 rings (SSSR count). The van der Waals surface area contributed by atoms with Crippen molar-refractivity contribution in [3.05, 3.63) is 48.2 Å². The molecule has 3 aromatic rings. The Morgan fingerprint density at radius 3 is 2.90 bits per heavy atom. The molecule has 1 atom stereocenters. The van der Waals surface area contributed by atoms with E-state index in [0.29, 0.717) is 30.6 Å². The van der Waals surface area contributed by atoms with Gasteiger partial charge in [0.25, 0.3) is 0 Å². The minimum Gasteiger partial charge on any atom is -0.376 e. The third-order valence-electron chi connectivity index (χ3n) is 5.14. The summed E-state index contributed by atoms with van der Waals surface area (Å²) in [7, 11) is 0. The lowest BCUT2D eigenvalue weighted by molar-refractivity contribution is -0.137. The van der Waals surface area contributed by atoms with Crippen LogP contribution in [0.5, 0.6) is 0 Å². The van der Waals surface area contributed by atoms with Crippen LogP contribution >= 0.6 is 0 Å². The van der Waals surface area contributed by atoms with E-state index in [-0.39, 0.29) is 24.2 Å². The molecule has 2 aromatic heterocycles. The molecule has 1 fully saturated rings. The highest BCUT2D eigenvalue weighted by molar-refractivity contribution is 5.87. The molecule has 31 heavy (non-hydrogen) atoms. The zero-order chi connectivity index (χ0) is 22.0. The lowest BCUT2D eigenvalue weighted by atomic mass is 10.1. The first-order chi connectivity index (χ1) is 14.8. The van der Waals surface area contributed by atoms with Crippen LogP contribution < -0.4 is 10.6 Å². The monoisotopic (exact) mass is 436 g/mol. The standard InChI is InChI=1S/C20H20F4N6O/c21-13-6-12(20(22,23)24)7-15(8-13)26-9-17(31)30-5-1-2-14(10-30)29-19-16-3-4-25-18(16)27-11-28-19/h3-4,6-8,11,14,26H,1-2,5,9-10H2,(H2,25,27,28,29)/t14-/m1/s1. The molecular formula is C20H20F4N6O. The number of piperidine rings is 1. The van der Waals surface area contributed by atoms with Gasteiger partial charge in [-0.3, -0.25) is 4.79 Å². The highest BCUT2D eigenvalue weighted by Crippen LogP contribution is 2.31. The summed E-state index contributed by atoms with van der Waals surface area (Å²) < 4.78 is 52.1. The van der Waals surface area contributed by atoms with Gasteiger partial charge in [-0.05, 0) is 37.1 Å². The number of benzene rings is 1. The molecule has 0 unspecified atom stereocenters. The largest absolute Gasteiger partial charge is 0.416 e. The Morgan fingerprint density at radius 1 is 1.26 bits per heavy atom. The number of carbonyl (C=O) groups is 1. The first-order valence-electron chi connectivity index (χ1n) is 9.73. The van der Waals surface area contributed by atoms with Gasteiger partial charge in [-0.15, -0.1) is 0 Å². The summed E-state index contributed by atoms with van der Waals surface area (Å²) in [6.07, 6.45) is 0.156. The molecule has 1 saturated heterocycles. The van der Waals surface area contributed by atoms with E-state index in [0.717, 1.165) is 30.4 Å². The van der Waals surface area contributed by atoms with Crippen molar-refractivity contribution in [1.29, 1.82) is 0 Å². The second-order valence-corrected chi connectivity index (χ2v) is 7.37. The number of nitrogens with zero attached hydrogens (tertiary/aromatic N) is 3. The smallest absolute Gasteiger partial charge is 0.376 e. The predicted molar refractivity (Wildman–Crippen MR) is 107 cm³/mol. The Hall–Kier alpha value is -3.37. The predicted octanol–water partition coefficient (Wildman–Crippen LogP) is 3.63. The van der Waals surface area contributed by atoms with Crippen molar-refractivity contribution in [2.75, 3.05) is 30.3 Å². The number of aromatic amines is 1. The summed E-state index contributed by atoms with van der Waals surface area (Å²) in [6.45, 7) is 0.732. The van der Waals surface area contributed by atoms with Gasteiger partial charge in [0.1, 0.15) is 23.6 Å². The number of rotatable bonds is 5. The van der Waals surface area contributed by atoms with Crippen molar-refractivity contribution in [1.82, 2.24) is 19.9 Å². The minimum absolute atomic E-state index is 0.0308. The number of anilines is 2. The number of carbonyl (C=O) groups excluding carboxylic acids is 1. The van der Waals surface area contributed by atoms with Gasteiger partial charge in [-0.2, -0.15) is 13.2 Å². The van der Waals surface area contributed by atoms with Crippen LogP contribution in [0.4, 0.5) is 29.1 Å². The lowest BCUT2D eigenvalue weighted by Crippen LogP contribution is -2.47. The summed E-state index contributed by atoms with van der Waals surface area (Å²) >= 11 is 0. The van der Waals surface area contributed by atoms with Crippen LogP contribution in [-0.4, -0.2) is 51.4 Å². The zero-order valence-corrected chi connectivity index (χ0v) is 16.3. The fraction of sp³-hybridized carbons (Fsp3) is 0.350. The molecule has 164 valence electrons. The van der Waals surface area contributed by atoms with E-state index < -0.39 is 17.6 Å². The highest BCUT2D eigenvalue weighted by Gasteiger charge is 2.31. The Kier molecular flexibility index (Phi) is 5.66. The Labute approximate surface area is 174 Å². The van der Waals surface area contributed by atoms with Crippen LogP contribution in [0.3, 0.4) is 0 Å². The summed E-state index contributed by atoms with van der Waals surface area (Å²) in [6, 6.07) is 3.97. The third kappa shape index (κ3) is 4.86. The van der Waals surface area contributed by atoms with Gasteiger partial charge in [0.05, 0.1) is 17.5 Å². The number of amides is 1. The van der Waals surface area contributed by atoms with E-state index in [1.54, 1.807) is 11.1 Å². The Morgan fingerprint density at radius 2 is 2.10 bits per heavy atom. The molecule has 0 bridgehead atoms.